The average Bonchev–Trinajstić information content (AvgIpc) is 2.85. The second-order valence-electron chi connectivity index (χ2n) is 7.22. The van der Waals surface area contributed by atoms with Crippen LogP contribution in [0.15, 0.2) is 49.1 Å². The predicted molar refractivity (Wildman–Crippen MR) is 122 cm³/mol. The third-order valence-corrected chi connectivity index (χ3v) is 5.16. The standard InChI is InChI=1S/C21H24BN7O3/c1-31-19-4-3-15(13-25-19)20-24-8-5-16(26-20)21(30)27-17-14-23-7-6-18(17)28-9-11-29(12-10-28)22-32-2/h3-8,13-14,22H,9-12H2,1-2H3,(H,27,30). The molecular formula is C21H24BN7O3. The average molecular weight is 433 g/mol. The zero-order valence-electron chi connectivity index (χ0n) is 18.1. The molecule has 32 heavy (non-hydrogen) atoms. The van der Waals surface area contributed by atoms with E-state index in [-0.39, 0.29) is 11.6 Å². The van der Waals surface area contributed by atoms with Gasteiger partial charge in [-0.25, -0.2) is 15.0 Å². The van der Waals surface area contributed by atoms with E-state index in [2.05, 4.69) is 35.0 Å². The summed E-state index contributed by atoms with van der Waals surface area (Å²) in [6.07, 6.45) is 6.55. The fourth-order valence-corrected chi connectivity index (χ4v) is 3.50. The van der Waals surface area contributed by atoms with Crippen molar-refractivity contribution in [2.45, 2.75) is 0 Å². The molecule has 0 atom stereocenters. The van der Waals surface area contributed by atoms with Gasteiger partial charge in [0, 0.05) is 63.5 Å². The number of amides is 1. The Morgan fingerprint density at radius 2 is 1.88 bits per heavy atom. The Labute approximate surface area is 186 Å². The van der Waals surface area contributed by atoms with E-state index in [4.69, 9.17) is 9.39 Å². The van der Waals surface area contributed by atoms with Crippen molar-refractivity contribution in [2.24, 2.45) is 0 Å². The van der Waals surface area contributed by atoms with E-state index in [0.29, 0.717) is 30.6 Å². The number of aromatic nitrogens is 4. The second-order valence-corrected chi connectivity index (χ2v) is 7.22. The van der Waals surface area contributed by atoms with Crippen LogP contribution >= 0.6 is 0 Å². The number of hydrogen-bond donors (Lipinski definition) is 1. The van der Waals surface area contributed by atoms with Crippen molar-refractivity contribution in [1.29, 1.82) is 0 Å². The molecule has 4 rings (SSSR count). The largest absolute Gasteiger partial charge is 0.481 e. The lowest BCUT2D eigenvalue weighted by molar-refractivity contribution is 0.102. The smallest absolute Gasteiger partial charge is 0.363 e. The van der Waals surface area contributed by atoms with E-state index in [1.165, 1.54) is 0 Å². The van der Waals surface area contributed by atoms with Crippen LogP contribution in [0.4, 0.5) is 11.4 Å². The molecule has 11 heteroatoms. The van der Waals surface area contributed by atoms with Crippen molar-refractivity contribution in [3.63, 3.8) is 0 Å². The molecule has 164 valence electrons. The van der Waals surface area contributed by atoms with Gasteiger partial charge in [0.2, 0.25) is 5.88 Å². The number of pyridine rings is 2. The first-order chi connectivity index (χ1) is 15.7. The molecule has 1 N–H and O–H groups in total. The van der Waals surface area contributed by atoms with Gasteiger partial charge >= 0.3 is 7.62 Å². The van der Waals surface area contributed by atoms with Crippen LogP contribution in [0.5, 0.6) is 5.88 Å². The van der Waals surface area contributed by atoms with Crippen LogP contribution < -0.4 is 15.0 Å². The number of methoxy groups -OCH3 is 1. The van der Waals surface area contributed by atoms with E-state index in [0.717, 1.165) is 31.9 Å². The Morgan fingerprint density at radius 1 is 1.03 bits per heavy atom. The highest BCUT2D eigenvalue weighted by atomic mass is 16.5. The third kappa shape index (κ3) is 5.01. The Bertz CT molecular complexity index is 1060. The summed E-state index contributed by atoms with van der Waals surface area (Å²) in [5, 5.41) is 2.95. The van der Waals surface area contributed by atoms with Crippen LogP contribution in [0, 0.1) is 0 Å². The Morgan fingerprint density at radius 3 is 2.59 bits per heavy atom. The minimum absolute atomic E-state index is 0.255. The number of rotatable bonds is 7. The lowest BCUT2D eigenvalue weighted by Crippen LogP contribution is -2.48. The van der Waals surface area contributed by atoms with Gasteiger partial charge in [-0.05, 0) is 18.2 Å². The monoisotopic (exact) mass is 433 g/mol. The third-order valence-electron chi connectivity index (χ3n) is 5.16. The van der Waals surface area contributed by atoms with Gasteiger partial charge in [-0.3, -0.25) is 9.78 Å². The molecule has 1 saturated heterocycles. The number of hydrogen-bond acceptors (Lipinski definition) is 9. The summed E-state index contributed by atoms with van der Waals surface area (Å²) in [6, 6.07) is 7.01. The van der Waals surface area contributed by atoms with Crippen molar-refractivity contribution < 1.29 is 14.2 Å². The summed E-state index contributed by atoms with van der Waals surface area (Å²) in [7, 11) is 3.87. The fourth-order valence-electron chi connectivity index (χ4n) is 3.50. The fraction of sp³-hybridized carbons (Fsp3) is 0.286. The van der Waals surface area contributed by atoms with Gasteiger partial charge in [0.05, 0.1) is 24.7 Å². The summed E-state index contributed by atoms with van der Waals surface area (Å²) in [6.45, 7) is 3.43. The number of nitrogens with one attached hydrogen (secondary N) is 1. The summed E-state index contributed by atoms with van der Waals surface area (Å²) >= 11 is 0. The number of piperazine rings is 1. The van der Waals surface area contributed by atoms with Crippen LogP contribution in [-0.2, 0) is 4.65 Å². The maximum atomic E-state index is 13.0. The first-order valence-corrected chi connectivity index (χ1v) is 10.2. The van der Waals surface area contributed by atoms with Crippen molar-refractivity contribution in [3.8, 4) is 17.3 Å². The number of carbonyl (C=O) groups is 1. The van der Waals surface area contributed by atoms with Crippen molar-refractivity contribution in [1.82, 2.24) is 24.7 Å². The predicted octanol–water partition coefficient (Wildman–Crippen LogP) is 1.23. The van der Waals surface area contributed by atoms with Crippen molar-refractivity contribution >= 4 is 24.9 Å². The molecule has 3 aromatic rings. The lowest BCUT2D eigenvalue weighted by Gasteiger charge is -2.36. The first kappa shape index (κ1) is 21.7. The van der Waals surface area contributed by atoms with E-state index >= 15 is 0 Å². The van der Waals surface area contributed by atoms with Gasteiger partial charge in [0.1, 0.15) is 5.69 Å². The van der Waals surface area contributed by atoms with E-state index < -0.39 is 0 Å². The number of ether oxygens (including phenoxy) is 1. The molecule has 0 saturated carbocycles. The van der Waals surface area contributed by atoms with Crippen LogP contribution in [0.1, 0.15) is 10.5 Å². The lowest BCUT2D eigenvalue weighted by atomic mass is 10.1. The Balaban J connectivity index is 1.49. The van der Waals surface area contributed by atoms with Crippen LogP contribution in [0.3, 0.4) is 0 Å². The Hall–Kier alpha value is -3.57. The van der Waals surface area contributed by atoms with Gasteiger partial charge in [0.25, 0.3) is 5.91 Å². The first-order valence-electron chi connectivity index (χ1n) is 10.2. The second kappa shape index (κ2) is 10.2. The molecule has 3 aromatic heterocycles. The normalized spacial score (nSPS) is 14.1. The highest BCUT2D eigenvalue weighted by Crippen LogP contribution is 2.26. The molecule has 1 aliphatic heterocycles. The minimum Gasteiger partial charge on any atom is -0.481 e. The minimum atomic E-state index is -0.331. The van der Waals surface area contributed by atoms with Crippen LogP contribution in [-0.4, -0.2) is 78.7 Å². The van der Waals surface area contributed by atoms with Crippen LogP contribution in [0.2, 0.25) is 0 Å². The summed E-state index contributed by atoms with van der Waals surface area (Å²) < 4.78 is 10.3. The summed E-state index contributed by atoms with van der Waals surface area (Å²) in [4.78, 5) is 34.5. The highest BCUT2D eigenvalue weighted by Gasteiger charge is 2.21. The highest BCUT2D eigenvalue weighted by molar-refractivity contribution is 6.23. The molecule has 0 aliphatic carbocycles. The van der Waals surface area contributed by atoms with Crippen molar-refractivity contribution in [2.75, 3.05) is 50.6 Å². The number of nitrogens with zero attached hydrogens (tertiary/aromatic N) is 6. The number of carbonyl (C=O) groups excluding carboxylic acids is 1. The zero-order chi connectivity index (χ0) is 22.3. The van der Waals surface area contributed by atoms with Gasteiger partial charge in [-0.1, -0.05) is 0 Å². The maximum Gasteiger partial charge on any atom is 0.363 e. The molecule has 1 aliphatic rings. The molecule has 4 heterocycles. The van der Waals surface area contributed by atoms with Gasteiger partial charge < -0.3 is 24.4 Å². The molecule has 0 bridgehead atoms. The number of anilines is 2. The summed E-state index contributed by atoms with van der Waals surface area (Å²) in [5.74, 6) is 0.575. The molecule has 0 aromatic carbocycles. The molecule has 1 amide bonds. The molecule has 0 radical (unpaired) electrons. The molecule has 0 unspecified atom stereocenters. The molecule has 10 nitrogen and oxygen atoms in total. The van der Waals surface area contributed by atoms with E-state index in [1.54, 1.807) is 57.2 Å². The zero-order valence-corrected chi connectivity index (χ0v) is 18.1. The van der Waals surface area contributed by atoms with E-state index in [1.807, 2.05) is 6.07 Å². The quantitative estimate of drug-likeness (QED) is 0.551. The Kier molecular flexibility index (Phi) is 6.88. The molecule has 0 spiro atoms. The topological polar surface area (TPSA) is 106 Å². The van der Waals surface area contributed by atoms with Crippen molar-refractivity contribution in [3.05, 3.63) is 54.7 Å². The SMILES string of the molecule is COBN1CCN(c2ccncc2NC(=O)c2ccnc(-c3ccc(OC)nc3)n2)CC1. The van der Waals surface area contributed by atoms with Crippen LogP contribution in [0.25, 0.3) is 11.4 Å². The van der Waals surface area contributed by atoms with Gasteiger partial charge in [-0.15, -0.1) is 0 Å². The van der Waals surface area contributed by atoms with E-state index in [9.17, 15) is 4.79 Å². The molecular weight excluding hydrogens is 409 g/mol. The summed E-state index contributed by atoms with van der Waals surface area (Å²) in [5.41, 5.74) is 2.52. The molecule has 1 fully saturated rings. The van der Waals surface area contributed by atoms with Gasteiger partial charge in [-0.2, -0.15) is 0 Å². The van der Waals surface area contributed by atoms with Gasteiger partial charge in [0.15, 0.2) is 5.82 Å². The maximum absolute atomic E-state index is 13.0.